The van der Waals surface area contributed by atoms with Gasteiger partial charge in [-0.3, -0.25) is 9.59 Å². The molecule has 160 valence electrons. The molecule has 0 unspecified atom stereocenters. The lowest BCUT2D eigenvalue weighted by Gasteiger charge is -2.18. The summed E-state index contributed by atoms with van der Waals surface area (Å²) in [7, 11) is -3.90. The maximum atomic E-state index is 12.6. The Kier molecular flexibility index (Phi) is 6.42. The fourth-order valence-corrected chi connectivity index (χ4v) is 4.58. The van der Waals surface area contributed by atoms with Crippen LogP contribution in [0.2, 0.25) is 0 Å². The second-order valence-corrected chi connectivity index (χ2v) is 8.92. The monoisotopic (exact) mass is 430 g/mol. The first-order valence-electron chi connectivity index (χ1n) is 9.78. The number of nitrogens with one attached hydrogen (secondary N) is 3. The molecular weight excluding hydrogens is 404 g/mol. The smallest absolute Gasteiger partial charge is 0.242 e. The van der Waals surface area contributed by atoms with E-state index in [1.54, 1.807) is 0 Å². The number of rotatable bonds is 7. The Morgan fingerprint density at radius 3 is 2.37 bits per heavy atom. The second-order valence-electron chi connectivity index (χ2n) is 7.21. The van der Waals surface area contributed by atoms with E-state index in [9.17, 15) is 18.0 Å². The summed E-state index contributed by atoms with van der Waals surface area (Å²) in [6, 6.07) is 10.5. The molecule has 2 aromatic rings. The van der Waals surface area contributed by atoms with Crippen molar-refractivity contribution in [2.75, 3.05) is 28.6 Å². The summed E-state index contributed by atoms with van der Waals surface area (Å²) >= 11 is 0. The van der Waals surface area contributed by atoms with Crippen LogP contribution in [0.4, 0.5) is 17.1 Å². The van der Waals surface area contributed by atoms with E-state index in [1.165, 1.54) is 43.7 Å². The molecule has 30 heavy (non-hydrogen) atoms. The number of benzene rings is 2. The van der Waals surface area contributed by atoms with Crippen molar-refractivity contribution in [2.24, 2.45) is 0 Å². The minimum Gasteiger partial charge on any atom is -0.371 e. The van der Waals surface area contributed by atoms with Crippen molar-refractivity contribution in [3.05, 3.63) is 48.0 Å². The van der Waals surface area contributed by atoms with Gasteiger partial charge in [0, 0.05) is 37.1 Å². The highest BCUT2D eigenvalue weighted by molar-refractivity contribution is 7.89. The number of likely N-dealkylation sites (N-methyl/N-ethyl adjacent to an activating group) is 1. The number of carbonyl (C=O) groups excluding carboxylic acids is 2. The second kappa shape index (κ2) is 8.85. The average molecular weight is 431 g/mol. The molecule has 1 aliphatic rings. The maximum absolute atomic E-state index is 12.6. The van der Waals surface area contributed by atoms with Gasteiger partial charge in [-0.1, -0.05) is 6.07 Å². The molecule has 0 aliphatic carbocycles. The Morgan fingerprint density at radius 2 is 1.73 bits per heavy atom. The van der Waals surface area contributed by atoms with E-state index in [1.807, 2.05) is 18.2 Å². The molecule has 1 aliphatic heterocycles. The molecule has 0 saturated heterocycles. The lowest BCUT2D eigenvalue weighted by atomic mass is 10.1. The van der Waals surface area contributed by atoms with Crippen LogP contribution in [0.1, 0.15) is 26.3 Å². The van der Waals surface area contributed by atoms with Gasteiger partial charge in [-0.25, -0.2) is 8.42 Å². The summed E-state index contributed by atoms with van der Waals surface area (Å²) < 4.78 is 27.6. The van der Waals surface area contributed by atoms with Crippen molar-refractivity contribution in [3.8, 4) is 0 Å². The van der Waals surface area contributed by atoms with Crippen molar-refractivity contribution in [2.45, 2.75) is 38.1 Å². The van der Waals surface area contributed by atoms with E-state index in [4.69, 9.17) is 0 Å². The third-order valence-corrected chi connectivity index (χ3v) is 6.49. The standard InChI is InChI=1S/C21H26N4O4S/c1-4-25-12-11-16-5-6-18(13-20(16)25)23-21(27)14(2)24-30(28,29)19-9-7-17(8-10-19)22-15(3)26/h5-10,13-14,24H,4,11-12H2,1-3H3,(H,22,26)(H,23,27)/t14-/m0/s1. The molecule has 0 spiro atoms. The minimum absolute atomic E-state index is 0.00682. The summed E-state index contributed by atoms with van der Waals surface area (Å²) in [5.41, 5.74) is 3.46. The van der Waals surface area contributed by atoms with Gasteiger partial charge in [0.15, 0.2) is 0 Å². The number of carbonyl (C=O) groups is 2. The maximum Gasteiger partial charge on any atom is 0.242 e. The first kappa shape index (κ1) is 21.8. The Balaban J connectivity index is 1.66. The SMILES string of the molecule is CCN1CCc2ccc(NC(=O)[C@H](C)NS(=O)(=O)c3ccc(NC(C)=O)cc3)cc21. The Bertz CT molecular complexity index is 1050. The first-order chi connectivity index (χ1) is 14.2. The molecule has 0 aromatic heterocycles. The van der Waals surface area contributed by atoms with E-state index in [2.05, 4.69) is 27.2 Å². The fraction of sp³-hybridized carbons (Fsp3) is 0.333. The molecule has 3 rings (SSSR count). The van der Waals surface area contributed by atoms with E-state index < -0.39 is 22.0 Å². The summed E-state index contributed by atoms with van der Waals surface area (Å²) in [4.78, 5) is 25.9. The van der Waals surface area contributed by atoms with Gasteiger partial charge in [0.05, 0.1) is 10.9 Å². The van der Waals surface area contributed by atoms with Gasteiger partial charge in [-0.2, -0.15) is 4.72 Å². The molecule has 3 N–H and O–H groups in total. The van der Waals surface area contributed by atoms with Gasteiger partial charge in [-0.05, 0) is 62.2 Å². The number of hydrogen-bond donors (Lipinski definition) is 3. The largest absolute Gasteiger partial charge is 0.371 e. The predicted molar refractivity (Wildman–Crippen MR) is 117 cm³/mol. The van der Waals surface area contributed by atoms with Gasteiger partial charge < -0.3 is 15.5 Å². The highest BCUT2D eigenvalue weighted by atomic mass is 32.2. The quantitative estimate of drug-likeness (QED) is 0.625. The van der Waals surface area contributed by atoms with Crippen molar-refractivity contribution in [1.29, 1.82) is 0 Å². The van der Waals surface area contributed by atoms with Crippen molar-refractivity contribution in [3.63, 3.8) is 0 Å². The van der Waals surface area contributed by atoms with Crippen LogP contribution in [0.5, 0.6) is 0 Å². The zero-order chi connectivity index (χ0) is 21.9. The van der Waals surface area contributed by atoms with E-state index in [-0.39, 0.29) is 10.8 Å². The molecule has 0 radical (unpaired) electrons. The summed E-state index contributed by atoms with van der Waals surface area (Å²) in [5, 5.41) is 5.35. The van der Waals surface area contributed by atoms with Crippen LogP contribution < -0.4 is 20.3 Å². The number of amides is 2. The topological polar surface area (TPSA) is 108 Å². The number of fused-ring (bicyclic) bond motifs is 1. The zero-order valence-electron chi connectivity index (χ0n) is 17.2. The predicted octanol–water partition coefficient (Wildman–Crippen LogP) is 2.33. The van der Waals surface area contributed by atoms with Crippen LogP contribution >= 0.6 is 0 Å². The lowest BCUT2D eigenvalue weighted by Crippen LogP contribution is -2.41. The normalized spacial score (nSPS) is 14.2. The summed E-state index contributed by atoms with van der Waals surface area (Å²) in [6.07, 6.45) is 0.980. The van der Waals surface area contributed by atoms with Crippen LogP contribution in [0.15, 0.2) is 47.4 Å². The molecule has 2 aromatic carbocycles. The van der Waals surface area contributed by atoms with Gasteiger partial charge in [0.2, 0.25) is 21.8 Å². The Morgan fingerprint density at radius 1 is 1.07 bits per heavy atom. The van der Waals surface area contributed by atoms with Crippen LogP contribution in [0.25, 0.3) is 0 Å². The number of sulfonamides is 1. The number of nitrogens with zero attached hydrogens (tertiary/aromatic N) is 1. The third-order valence-electron chi connectivity index (χ3n) is 4.94. The highest BCUT2D eigenvalue weighted by Gasteiger charge is 2.23. The summed E-state index contributed by atoms with van der Waals surface area (Å²) in [5.74, 6) is -0.697. The fourth-order valence-electron chi connectivity index (χ4n) is 3.38. The Hall–Kier alpha value is -2.91. The van der Waals surface area contributed by atoms with Crippen LogP contribution in [-0.4, -0.2) is 39.4 Å². The minimum atomic E-state index is -3.90. The van der Waals surface area contributed by atoms with Crippen molar-refractivity contribution < 1.29 is 18.0 Å². The van der Waals surface area contributed by atoms with E-state index in [0.717, 1.165) is 25.2 Å². The molecule has 0 fully saturated rings. The van der Waals surface area contributed by atoms with Crippen LogP contribution in [0.3, 0.4) is 0 Å². The highest BCUT2D eigenvalue weighted by Crippen LogP contribution is 2.30. The lowest BCUT2D eigenvalue weighted by molar-refractivity contribution is -0.117. The molecule has 9 heteroatoms. The van der Waals surface area contributed by atoms with Gasteiger partial charge in [0.25, 0.3) is 0 Å². The molecule has 1 atom stereocenters. The first-order valence-corrected chi connectivity index (χ1v) is 11.3. The van der Waals surface area contributed by atoms with Crippen molar-refractivity contribution in [1.82, 2.24) is 4.72 Å². The third kappa shape index (κ3) is 4.98. The molecule has 0 bridgehead atoms. The Labute approximate surface area is 176 Å². The van der Waals surface area contributed by atoms with Crippen LogP contribution in [0, 0.1) is 0 Å². The van der Waals surface area contributed by atoms with Crippen molar-refractivity contribution >= 4 is 38.9 Å². The number of hydrogen-bond acceptors (Lipinski definition) is 5. The number of anilines is 3. The summed E-state index contributed by atoms with van der Waals surface area (Å²) in [6.45, 7) is 6.79. The van der Waals surface area contributed by atoms with E-state index >= 15 is 0 Å². The van der Waals surface area contributed by atoms with E-state index in [0.29, 0.717) is 11.4 Å². The molecule has 0 saturated carbocycles. The average Bonchev–Trinajstić information content (AvgIpc) is 3.10. The van der Waals surface area contributed by atoms with Crippen LogP contribution in [-0.2, 0) is 26.0 Å². The molecule has 8 nitrogen and oxygen atoms in total. The molecule has 1 heterocycles. The van der Waals surface area contributed by atoms with Gasteiger partial charge >= 0.3 is 0 Å². The van der Waals surface area contributed by atoms with Gasteiger partial charge in [0.1, 0.15) is 0 Å². The van der Waals surface area contributed by atoms with Gasteiger partial charge in [-0.15, -0.1) is 0 Å². The molecule has 2 amide bonds. The zero-order valence-corrected chi connectivity index (χ0v) is 18.0. The molecular formula is C21H26N4O4S.